The zero-order valence-electron chi connectivity index (χ0n) is 11.4. The maximum absolute atomic E-state index is 9.05. The summed E-state index contributed by atoms with van der Waals surface area (Å²) < 4.78 is 1.65. The van der Waals surface area contributed by atoms with E-state index in [4.69, 9.17) is 10.9 Å². The number of anilines is 2. The number of nitrogens with zero attached hydrogens (tertiary/aromatic N) is 5. The fourth-order valence-corrected chi connectivity index (χ4v) is 1.62. The summed E-state index contributed by atoms with van der Waals surface area (Å²) in [6.45, 7) is 3.96. The molecule has 20 heavy (non-hydrogen) atoms. The second kappa shape index (κ2) is 5.80. The topological polar surface area (TPSA) is 127 Å². The highest BCUT2D eigenvalue weighted by Crippen LogP contribution is 2.16. The first-order valence-electron chi connectivity index (χ1n) is 6.14. The number of rotatable bonds is 6. The minimum Gasteiger partial charge on any atom is -0.396 e. The highest BCUT2D eigenvalue weighted by molar-refractivity contribution is 5.38. The summed E-state index contributed by atoms with van der Waals surface area (Å²) in [5.41, 5.74) is 2.05. The van der Waals surface area contributed by atoms with Crippen molar-refractivity contribution in [2.75, 3.05) is 17.3 Å². The number of hydrogen-bond acceptors (Lipinski definition) is 8. The van der Waals surface area contributed by atoms with E-state index in [1.165, 1.54) is 0 Å². The number of hydrazine groups is 1. The van der Waals surface area contributed by atoms with E-state index in [2.05, 4.69) is 30.7 Å². The van der Waals surface area contributed by atoms with Gasteiger partial charge in [-0.1, -0.05) is 0 Å². The average molecular weight is 278 g/mol. The van der Waals surface area contributed by atoms with Gasteiger partial charge < -0.3 is 10.4 Å². The molecule has 0 fully saturated rings. The maximum Gasteiger partial charge on any atom is 0.243 e. The van der Waals surface area contributed by atoms with Crippen LogP contribution in [-0.2, 0) is 0 Å². The summed E-state index contributed by atoms with van der Waals surface area (Å²) in [6, 6.07) is 0. The lowest BCUT2D eigenvalue weighted by Gasteiger charge is -2.25. The number of imidazole rings is 1. The Hall–Kier alpha value is -2.26. The van der Waals surface area contributed by atoms with Gasteiger partial charge in [-0.15, -0.1) is 0 Å². The van der Waals surface area contributed by atoms with E-state index < -0.39 is 0 Å². The molecule has 0 aliphatic heterocycles. The first-order chi connectivity index (χ1) is 9.54. The fourth-order valence-electron chi connectivity index (χ4n) is 1.62. The van der Waals surface area contributed by atoms with Crippen LogP contribution >= 0.6 is 0 Å². The molecule has 0 aliphatic carbocycles. The molecule has 9 nitrogen and oxygen atoms in total. The monoisotopic (exact) mass is 278 g/mol. The van der Waals surface area contributed by atoms with Crippen molar-refractivity contribution in [3.05, 3.63) is 18.7 Å². The first kappa shape index (κ1) is 14.2. The van der Waals surface area contributed by atoms with Crippen molar-refractivity contribution >= 4 is 11.9 Å². The average Bonchev–Trinajstić information content (AvgIpc) is 2.91. The van der Waals surface area contributed by atoms with Crippen LogP contribution < -0.4 is 16.6 Å². The Morgan fingerprint density at radius 1 is 1.30 bits per heavy atom. The van der Waals surface area contributed by atoms with E-state index in [1.807, 2.05) is 13.8 Å². The van der Waals surface area contributed by atoms with Crippen LogP contribution in [-0.4, -0.2) is 41.8 Å². The van der Waals surface area contributed by atoms with Crippen LogP contribution in [0.2, 0.25) is 0 Å². The molecule has 0 unspecified atom stereocenters. The summed E-state index contributed by atoms with van der Waals surface area (Å²) in [7, 11) is 0. The van der Waals surface area contributed by atoms with Crippen molar-refractivity contribution in [1.29, 1.82) is 0 Å². The van der Waals surface area contributed by atoms with Gasteiger partial charge in [-0.2, -0.15) is 15.0 Å². The Kier molecular flexibility index (Phi) is 4.11. The molecule has 9 heteroatoms. The number of nitrogens with two attached hydrogens (primary N) is 1. The van der Waals surface area contributed by atoms with Crippen LogP contribution in [0.25, 0.3) is 5.95 Å². The van der Waals surface area contributed by atoms with Gasteiger partial charge in [0, 0.05) is 24.5 Å². The van der Waals surface area contributed by atoms with Crippen LogP contribution in [0.5, 0.6) is 0 Å². The summed E-state index contributed by atoms with van der Waals surface area (Å²) in [5.74, 6) is 6.38. The number of aromatic nitrogens is 5. The van der Waals surface area contributed by atoms with Crippen molar-refractivity contribution in [3.8, 4) is 5.95 Å². The summed E-state index contributed by atoms with van der Waals surface area (Å²) in [5, 5.41) is 12.2. The van der Waals surface area contributed by atoms with Crippen LogP contribution in [0.4, 0.5) is 11.9 Å². The molecule has 0 saturated carbocycles. The molecule has 0 aliphatic rings. The Bertz CT molecular complexity index is 554. The van der Waals surface area contributed by atoms with Crippen molar-refractivity contribution in [2.45, 2.75) is 25.8 Å². The van der Waals surface area contributed by atoms with Gasteiger partial charge in [-0.05, 0) is 20.3 Å². The molecular formula is C11H18N8O. The number of nitrogen functional groups attached to an aromatic ring is 1. The number of aliphatic hydroxyl groups is 1. The molecule has 2 rings (SSSR count). The van der Waals surface area contributed by atoms with E-state index in [1.54, 1.807) is 23.3 Å². The van der Waals surface area contributed by atoms with E-state index in [9.17, 15) is 0 Å². The molecule has 2 aromatic heterocycles. The van der Waals surface area contributed by atoms with Crippen molar-refractivity contribution in [3.63, 3.8) is 0 Å². The highest BCUT2D eigenvalue weighted by atomic mass is 16.3. The van der Waals surface area contributed by atoms with Gasteiger partial charge in [0.15, 0.2) is 0 Å². The molecule has 108 valence electrons. The molecule has 0 amide bonds. The van der Waals surface area contributed by atoms with Gasteiger partial charge >= 0.3 is 0 Å². The molecule has 0 atom stereocenters. The number of aliphatic hydroxyl groups excluding tert-OH is 1. The van der Waals surface area contributed by atoms with Gasteiger partial charge in [0.25, 0.3) is 0 Å². The predicted molar refractivity (Wildman–Crippen MR) is 74.2 cm³/mol. The molecule has 0 aromatic carbocycles. The second-order valence-corrected chi connectivity index (χ2v) is 4.88. The Morgan fingerprint density at radius 2 is 2.05 bits per heavy atom. The van der Waals surface area contributed by atoms with Crippen LogP contribution in [0.1, 0.15) is 20.3 Å². The summed E-state index contributed by atoms with van der Waals surface area (Å²) >= 11 is 0. The lowest BCUT2D eigenvalue weighted by molar-refractivity contribution is 0.260. The van der Waals surface area contributed by atoms with E-state index in [0.29, 0.717) is 18.3 Å². The van der Waals surface area contributed by atoms with Gasteiger partial charge in [0.2, 0.25) is 17.8 Å². The van der Waals surface area contributed by atoms with Crippen LogP contribution in [0.15, 0.2) is 18.7 Å². The molecule has 0 spiro atoms. The van der Waals surface area contributed by atoms with Crippen LogP contribution in [0, 0.1) is 0 Å². The third kappa shape index (κ3) is 3.39. The van der Waals surface area contributed by atoms with E-state index >= 15 is 0 Å². The van der Waals surface area contributed by atoms with E-state index in [-0.39, 0.29) is 18.1 Å². The third-order valence-electron chi connectivity index (χ3n) is 2.68. The molecule has 0 saturated heterocycles. The van der Waals surface area contributed by atoms with Crippen LogP contribution in [0.3, 0.4) is 0 Å². The SMILES string of the molecule is CC(C)(CCO)Nc1nc(NN)nc(-n2ccnc2)n1. The molecule has 2 aromatic rings. The van der Waals surface area contributed by atoms with E-state index in [0.717, 1.165) is 0 Å². The maximum atomic E-state index is 9.05. The number of nitrogens with one attached hydrogen (secondary N) is 2. The van der Waals surface area contributed by atoms with Crippen molar-refractivity contribution in [2.24, 2.45) is 5.84 Å². The lowest BCUT2D eigenvalue weighted by atomic mass is 10.0. The zero-order valence-corrected chi connectivity index (χ0v) is 11.4. The molecule has 2 heterocycles. The summed E-state index contributed by atoms with van der Waals surface area (Å²) in [4.78, 5) is 16.5. The van der Waals surface area contributed by atoms with Gasteiger partial charge in [-0.25, -0.2) is 10.8 Å². The third-order valence-corrected chi connectivity index (χ3v) is 2.68. The molecular weight excluding hydrogens is 260 g/mol. The van der Waals surface area contributed by atoms with Crippen molar-refractivity contribution in [1.82, 2.24) is 24.5 Å². The quantitative estimate of drug-likeness (QED) is 0.426. The first-order valence-corrected chi connectivity index (χ1v) is 6.14. The molecule has 5 N–H and O–H groups in total. The fraction of sp³-hybridized carbons (Fsp3) is 0.455. The predicted octanol–water partition coefficient (Wildman–Crippen LogP) is -0.0842. The Balaban J connectivity index is 2.31. The normalized spacial score (nSPS) is 11.4. The standard InChI is InChI=1S/C11H18N8O/c1-11(2,3-6-20)17-8-14-9(18-12)16-10(15-8)19-5-4-13-7-19/h4-5,7,20H,3,6,12H2,1-2H3,(H2,14,15,16,17,18). The van der Waals surface area contributed by atoms with Crippen molar-refractivity contribution < 1.29 is 5.11 Å². The zero-order chi connectivity index (χ0) is 14.6. The highest BCUT2D eigenvalue weighted by Gasteiger charge is 2.19. The molecule has 0 radical (unpaired) electrons. The summed E-state index contributed by atoms with van der Waals surface area (Å²) in [6.07, 6.45) is 5.49. The van der Waals surface area contributed by atoms with Gasteiger partial charge in [0.1, 0.15) is 6.33 Å². The van der Waals surface area contributed by atoms with Gasteiger partial charge in [0.05, 0.1) is 0 Å². The van der Waals surface area contributed by atoms with Gasteiger partial charge in [-0.3, -0.25) is 9.99 Å². The minimum absolute atomic E-state index is 0.0709. The minimum atomic E-state index is -0.353. The lowest BCUT2D eigenvalue weighted by Crippen LogP contribution is -2.33. The smallest absolute Gasteiger partial charge is 0.243 e. The Morgan fingerprint density at radius 3 is 2.65 bits per heavy atom. The molecule has 0 bridgehead atoms. The second-order valence-electron chi connectivity index (χ2n) is 4.88. The number of hydrogen-bond donors (Lipinski definition) is 4. The Labute approximate surface area is 116 Å². The largest absolute Gasteiger partial charge is 0.396 e.